The van der Waals surface area contributed by atoms with Crippen molar-refractivity contribution in [3.8, 4) is 11.5 Å². The summed E-state index contributed by atoms with van der Waals surface area (Å²) in [6.45, 7) is 0.345. The Morgan fingerprint density at radius 1 is 1.35 bits per heavy atom. The smallest absolute Gasteiger partial charge is 0.303 e. The number of para-hydroxylation sites is 2. The first-order chi connectivity index (χ1) is 9.69. The van der Waals surface area contributed by atoms with Crippen molar-refractivity contribution >= 4 is 17.3 Å². The summed E-state index contributed by atoms with van der Waals surface area (Å²) in [6.07, 6.45) is 2.32. The van der Waals surface area contributed by atoms with Gasteiger partial charge in [0.15, 0.2) is 11.5 Å². The van der Waals surface area contributed by atoms with Gasteiger partial charge < -0.3 is 14.6 Å². The molecule has 1 N–H and O–H groups in total. The summed E-state index contributed by atoms with van der Waals surface area (Å²) >= 11 is 1.47. The zero-order chi connectivity index (χ0) is 14.4. The third kappa shape index (κ3) is 3.96. The van der Waals surface area contributed by atoms with Gasteiger partial charge in [0.1, 0.15) is 11.6 Å². The maximum atomic E-state index is 10.5. The summed E-state index contributed by atoms with van der Waals surface area (Å²) < 4.78 is 10.9. The molecule has 6 heteroatoms. The van der Waals surface area contributed by atoms with Crippen LogP contribution < -0.4 is 9.47 Å². The van der Waals surface area contributed by atoms with Crippen LogP contribution in [-0.2, 0) is 17.8 Å². The lowest BCUT2D eigenvalue weighted by molar-refractivity contribution is -0.136. The number of aryl methyl sites for hydroxylation is 1. The largest absolute Gasteiger partial charge is 0.493 e. The molecule has 20 heavy (non-hydrogen) atoms. The maximum Gasteiger partial charge on any atom is 0.303 e. The highest BCUT2D eigenvalue weighted by atomic mass is 32.1. The predicted molar refractivity (Wildman–Crippen MR) is 75.4 cm³/mol. The Hall–Kier alpha value is -2.08. The average Bonchev–Trinajstić information content (AvgIpc) is 2.91. The van der Waals surface area contributed by atoms with Gasteiger partial charge in [-0.1, -0.05) is 12.1 Å². The van der Waals surface area contributed by atoms with Gasteiger partial charge >= 0.3 is 5.97 Å². The highest BCUT2D eigenvalue weighted by molar-refractivity contribution is 7.11. The fourth-order valence-electron chi connectivity index (χ4n) is 1.64. The lowest BCUT2D eigenvalue weighted by Crippen LogP contribution is -1.96. The lowest BCUT2D eigenvalue weighted by atomic mass is 10.3. The zero-order valence-electron chi connectivity index (χ0n) is 11.0. The minimum Gasteiger partial charge on any atom is -0.493 e. The molecule has 0 aliphatic rings. The van der Waals surface area contributed by atoms with E-state index in [1.807, 2.05) is 24.3 Å². The summed E-state index contributed by atoms with van der Waals surface area (Å²) in [6, 6.07) is 7.41. The summed E-state index contributed by atoms with van der Waals surface area (Å²) in [4.78, 5) is 15.7. The molecule has 1 heterocycles. The molecule has 0 atom stereocenters. The summed E-state index contributed by atoms with van der Waals surface area (Å²) in [5.41, 5.74) is 0. The Morgan fingerprint density at radius 3 is 2.80 bits per heavy atom. The third-order valence-electron chi connectivity index (χ3n) is 2.61. The van der Waals surface area contributed by atoms with Crippen LogP contribution in [0, 0.1) is 0 Å². The Morgan fingerprint density at radius 2 is 2.10 bits per heavy atom. The quantitative estimate of drug-likeness (QED) is 0.850. The molecule has 0 aliphatic carbocycles. The number of thiazole rings is 1. The number of aromatic nitrogens is 1. The van der Waals surface area contributed by atoms with E-state index in [0.29, 0.717) is 24.5 Å². The summed E-state index contributed by atoms with van der Waals surface area (Å²) in [5, 5.41) is 9.45. The number of benzene rings is 1. The average molecular weight is 293 g/mol. The van der Waals surface area contributed by atoms with Crippen LogP contribution in [0.4, 0.5) is 0 Å². The van der Waals surface area contributed by atoms with Crippen molar-refractivity contribution in [2.24, 2.45) is 0 Å². The fraction of sp³-hybridized carbons (Fsp3) is 0.286. The third-order valence-corrected chi connectivity index (χ3v) is 3.64. The van der Waals surface area contributed by atoms with Gasteiger partial charge in [0.2, 0.25) is 0 Å². The van der Waals surface area contributed by atoms with E-state index in [1.165, 1.54) is 11.3 Å². The Labute approximate surface area is 120 Å². The number of carboxylic acid groups (broad SMARTS) is 1. The zero-order valence-corrected chi connectivity index (χ0v) is 11.9. The van der Waals surface area contributed by atoms with Gasteiger partial charge in [-0.05, 0) is 18.6 Å². The van der Waals surface area contributed by atoms with Crippen LogP contribution >= 0.6 is 11.3 Å². The molecule has 5 nitrogen and oxygen atoms in total. The molecule has 0 saturated heterocycles. The number of aliphatic carboxylic acids is 1. The minimum absolute atomic E-state index is 0.120. The molecule has 0 amide bonds. The first-order valence-electron chi connectivity index (χ1n) is 6.10. The second-order valence-corrected chi connectivity index (χ2v) is 5.25. The highest BCUT2D eigenvalue weighted by Crippen LogP contribution is 2.27. The molecule has 0 radical (unpaired) electrons. The summed E-state index contributed by atoms with van der Waals surface area (Å²) in [7, 11) is 1.59. The molecule has 0 saturated carbocycles. The van der Waals surface area contributed by atoms with E-state index >= 15 is 0 Å². The van der Waals surface area contributed by atoms with Gasteiger partial charge in [0.25, 0.3) is 0 Å². The SMILES string of the molecule is COc1ccccc1OCc1ncc(CCC(=O)O)s1. The van der Waals surface area contributed by atoms with Crippen molar-refractivity contribution in [2.45, 2.75) is 19.4 Å². The second kappa shape index (κ2) is 6.91. The number of ether oxygens (including phenoxy) is 2. The van der Waals surface area contributed by atoms with Gasteiger partial charge in [-0.25, -0.2) is 4.98 Å². The first kappa shape index (κ1) is 14.3. The topological polar surface area (TPSA) is 68.7 Å². The molecule has 0 fully saturated rings. The Balaban J connectivity index is 1.92. The normalized spacial score (nSPS) is 10.2. The van der Waals surface area contributed by atoms with Crippen molar-refractivity contribution < 1.29 is 19.4 Å². The van der Waals surface area contributed by atoms with Crippen molar-refractivity contribution in [3.63, 3.8) is 0 Å². The number of methoxy groups -OCH3 is 1. The van der Waals surface area contributed by atoms with Crippen LogP contribution in [0.1, 0.15) is 16.3 Å². The second-order valence-electron chi connectivity index (χ2n) is 4.05. The van der Waals surface area contributed by atoms with Crippen molar-refractivity contribution in [3.05, 3.63) is 40.3 Å². The molecule has 0 unspecified atom stereocenters. The standard InChI is InChI=1S/C14H15NO4S/c1-18-11-4-2-3-5-12(11)19-9-13-15-8-10(20-13)6-7-14(16)17/h2-5,8H,6-7,9H2,1H3,(H,16,17). The van der Waals surface area contributed by atoms with E-state index in [4.69, 9.17) is 14.6 Å². The molecule has 0 spiro atoms. The first-order valence-corrected chi connectivity index (χ1v) is 6.92. The van der Waals surface area contributed by atoms with E-state index in [0.717, 1.165) is 9.88 Å². The van der Waals surface area contributed by atoms with E-state index in [1.54, 1.807) is 13.3 Å². The fourth-order valence-corrected chi connectivity index (χ4v) is 2.47. The number of hydrogen-bond donors (Lipinski definition) is 1. The van der Waals surface area contributed by atoms with Crippen LogP contribution in [0.25, 0.3) is 0 Å². The van der Waals surface area contributed by atoms with E-state index in [9.17, 15) is 4.79 Å². The van der Waals surface area contributed by atoms with Gasteiger partial charge in [0.05, 0.1) is 13.5 Å². The van der Waals surface area contributed by atoms with E-state index in [2.05, 4.69) is 4.98 Å². The maximum absolute atomic E-state index is 10.5. The molecule has 106 valence electrons. The molecular formula is C14H15NO4S. The number of carbonyl (C=O) groups is 1. The lowest BCUT2D eigenvalue weighted by Gasteiger charge is -2.08. The molecule has 0 aliphatic heterocycles. The van der Waals surface area contributed by atoms with Crippen LogP contribution in [0.5, 0.6) is 11.5 Å². The van der Waals surface area contributed by atoms with E-state index in [-0.39, 0.29) is 6.42 Å². The van der Waals surface area contributed by atoms with Crippen molar-refractivity contribution in [1.82, 2.24) is 4.98 Å². The molecular weight excluding hydrogens is 278 g/mol. The number of carboxylic acids is 1. The Kier molecular flexibility index (Phi) is 4.95. The van der Waals surface area contributed by atoms with Gasteiger partial charge in [-0.2, -0.15) is 0 Å². The molecule has 1 aromatic heterocycles. The number of nitrogens with zero attached hydrogens (tertiary/aromatic N) is 1. The van der Waals surface area contributed by atoms with E-state index < -0.39 is 5.97 Å². The monoisotopic (exact) mass is 293 g/mol. The number of hydrogen-bond acceptors (Lipinski definition) is 5. The summed E-state index contributed by atoms with van der Waals surface area (Å²) in [5.74, 6) is 0.540. The van der Waals surface area contributed by atoms with Crippen molar-refractivity contribution in [2.75, 3.05) is 7.11 Å². The van der Waals surface area contributed by atoms with Crippen LogP contribution in [0.15, 0.2) is 30.5 Å². The van der Waals surface area contributed by atoms with Crippen LogP contribution in [0.2, 0.25) is 0 Å². The highest BCUT2D eigenvalue weighted by Gasteiger charge is 2.07. The Bertz CT molecular complexity index is 582. The molecule has 2 aromatic rings. The van der Waals surface area contributed by atoms with Crippen LogP contribution in [-0.4, -0.2) is 23.2 Å². The molecule has 1 aromatic carbocycles. The number of rotatable bonds is 7. The van der Waals surface area contributed by atoms with Gasteiger partial charge in [-0.3, -0.25) is 4.79 Å². The van der Waals surface area contributed by atoms with Crippen LogP contribution in [0.3, 0.4) is 0 Å². The van der Waals surface area contributed by atoms with Crippen molar-refractivity contribution in [1.29, 1.82) is 0 Å². The van der Waals surface area contributed by atoms with Gasteiger partial charge in [0, 0.05) is 11.1 Å². The molecule has 2 rings (SSSR count). The molecule has 0 bridgehead atoms. The van der Waals surface area contributed by atoms with Gasteiger partial charge in [-0.15, -0.1) is 11.3 Å². The minimum atomic E-state index is -0.801. The predicted octanol–water partition coefficient (Wildman–Crippen LogP) is 2.75.